The second-order valence-electron chi connectivity index (χ2n) is 7.76. The molecule has 1 atom stereocenters. The van der Waals surface area contributed by atoms with Gasteiger partial charge in [0.1, 0.15) is 0 Å². The summed E-state index contributed by atoms with van der Waals surface area (Å²) in [5, 5.41) is 5.58. The molecule has 2 aliphatic rings. The first-order valence-corrected chi connectivity index (χ1v) is 12.5. The van der Waals surface area contributed by atoms with E-state index in [9.17, 15) is 18.0 Å². The van der Waals surface area contributed by atoms with E-state index in [0.29, 0.717) is 18.0 Å². The van der Waals surface area contributed by atoms with E-state index in [1.807, 2.05) is 6.92 Å². The fourth-order valence-corrected chi connectivity index (χ4v) is 6.05. The second kappa shape index (κ2) is 8.86. The quantitative estimate of drug-likeness (QED) is 0.730. The highest BCUT2D eigenvalue weighted by atomic mass is 32.2. The molecule has 2 amide bonds. The molecule has 0 spiro atoms. The van der Waals surface area contributed by atoms with Gasteiger partial charge in [0, 0.05) is 17.4 Å². The van der Waals surface area contributed by atoms with Gasteiger partial charge in [-0.2, -0.15) is 0 Å². The average molecular weight is 425 g/mol. The fourth-order valence-electron chi connectivity index (χ4n) is 3.63. The van der Waals surface area contributed by atoms with Crippen molar-refractivity contribution in [1.29, 1.82) is 0 Å². The minimum atomic E-state index is -3.56. The molecule has 1 aromatic carbocycles. The van der Waals surface area contributed by atoms with Crippen molar-refractivity contribution in [2.24, 2.45) is 5.92 Å². The number of rotatable bonds is 6. The topological polar surface area (TPSA) is 92.3 Å². The third-order valence-electron chi connectivity index (χ3n) is 5.48. The van der Waals surface area contributed by atoms with Crippen molar-refractivity contribution >= 4 is 39.1 Å². The van der Waals surface area contributed by atoms with Crippen LogP contribution in [0.2, 0.25) is 0 Å². The molecule has 154 valence electrons. The lowest BCUT2D eigenvalue weighted by Gasteiger charge is -2.26. The Morgan fingerprint density at radius 1 is 1.25 bits per heavy atom. The molecule has 1 fully saturated rings. The summed E-state index contributed by atoms with van der Waals surface area (Å²) in [6.45, 7) is 4.14. The molecule has 2 N–H and O–H groups in total. The van der Waals surface area contributed by atoms with Gasteiger partial charge in [0.2, 0.25) is 11.8 Å². The Morgan fingerprint density at radius 3 is 2.64 bits per heavy atom. The van der Waals surface area contributed by atoms with Crippen LogP contribution in [0.4, 0.5) is 5.69 Å². The van der Waals surface area contributed by atoms with Gasteiger partial charge in [0.25, 0.3) is 0 Å². The van der Waals surface area contributed by atoms with Crippen molar-refractivity contribution in [1.82, 2.24) is 5.32 Å². The predicted molar refractivity (Wildman–Crippen MR) is 111 cm³/mol. The molecule has 1 heterocycles. The van der Waals surface area contributed by atoms with Crippen LogP contribution >= 0.6 is 11.8 Å². The Bertz CT molecular complexity index is 846. The maximum atomic E-state index is 12.7. The molecule has 1 unspecified atom stereocenters. The standard InChI is InChI=1S/C20H28N2O4S2/c1-3-17-20(24)22-16-9-8-15(12-18(16)27-17)28(25,26)11-10-19(23)21-14-6-4-13(2)5-7-14/h8-9,12-14,17H,3-7,10-11H2,1-2H3,(H,21,23)(H,22,24). The van der Waals surface area contributed by atoms with Gasteiger partial charge in [0.05, 0.1) is 21.6 Å². The minimum Gasteiger partial charge on any atom is -0.353 e. The normalized spacial score (nSPS) is 24.9. The molecule has 6 nitrogen and oxygen atoms in total. The number of benzene rings is 1. The second-order valence-corrected chi connectivity index (χ2v) is 11.1. The minimum absolute atomic E-state index is 0.0348. The van der Waals surface area contributed by atoms with Crippen LogP contribution in [-0.2, 0) is 19.4 Å². The van der Waals surface area contributed by atoms with E-state index in [2.05, 4.69) is 17.6 Å². The molecule has 1 aromatic rings. The summed E-state index contributed by atoms with van der Waals surface area (Å²) in [6, 6.07) is 4.91. The molecule has 0 radical (unpaired) electrons. The van der Waals surface area contributed by atoms with Crippen LogP contribution in [0.1, 0.15) is 52.4 Å². The highest BCUT2D eigenvalue weighted by Crippen LogP contribution is 2.38. The van der Waals surface area contributed by atoms with E-state index < -0.39 is 9.84 Å². The third-order valence-corrected chi connectivity index (χ3v) is 8.62. The van der Waals surface area contributed by atoms with E-state index in [1.54, 1.807) is 12.1 Å². The summed E-state index contributed by atoms with van der Waals surface area (Å²) in [5.74, 6) is 0.236. The number of hydrogen-bond donors (Lipinski definition) is 2. The number of hydrogen-bond acceptors (Lipinski definition) is 5. The molecule has 8 heteroatoms. The van der Waals surface area contributed by atoms with Crippen LogP contribution in [0.15, 0.2) is 28.0 Å². The van der Waals surface area contributed by atoms with Crippen LogP contribution in [0.25, 0.3) is 0 Å². The first-order chi connectivity index (χ1) is 13.3. The SMILES string of the molecule is CCC1Sc2cc(S(=O)(=O)CCC(=O)NC3CCC(C)CC3)ccc2NC1=O. The lowest BCUT2D eigenvalue weighted by Crippen LogP contribution is -2.38. The highest BCUT2D eigenvalue weighted by molar-refractivity contribution is 8.01. The maximum absolute atomic E-state index is 12.7. The lowest BCUT2D eigenvalue weighted by atomic mass is 9.87. The Labute approximate surface area is 171 Å². The van der Waals surface area contributed by atoms with Gasteiger partial charge in [-0.25, -0.2) is 8.42 Å². The molecule has 3 rings (SSSR count). The zero-order valence-corrected chi connectivity index (χ0v) is 18.0. The number of carbonyl (C=O) groups excluding carboxylic acids is 2. The molecule has 1 aliphatic heterocycles. The van der Waals surface area contributed by atoms with Gasteiger partial charge >= 0.3 is 0 Å². The van der Waals surface area contributed by atoms with Crippen molar-refractivity contribution in [3.63, 3.8) is 0 Å². The van der Waals surface area contributed by atoms with Crippen molar-refractivity contribution in [3.8, 4) is 0 Å². The first-order valence-electron chi connectivity index (χ1n) is 9.92. The largest absolute Gasteiger partial charge is 0.353 e. The Hall–Kier alpha value is -1.54. The van der Waals surface area contributed by atoms with Gasteiger partial charge in [0.15, 0.2) is 9.84 Å². The van der Waals surface area contributed by atoms with E-state index >= 15 is 0 Å². The predicted octanol–water partition coefficient (Wildman–Crippen LogP) is 3.37. The van der Waals surface area contributed by atoms with Crippen molar-refractivity contribution in [2.75, 3.05) is 11.1 Å². The van der Waals surface area contributed by atoms with Crippen LogP contribution < -0.4 is 10.6 Å². The van der Waals surface area contributed by atoms with Gasteiger partial charge in [-0.3, -0.25) is 9.59 Å². The summed E-state index contributed by atoms with van der Waals surface area (Å²) in [5.41, 5.74) is 0.642. The van der Waals surface area contributed by atoms with E-state index in [4.69, 9.17) is 0 Å². The lowest BCUT2D eigenvalue weighted by molar-refractivity contribution is -0.121. The number of amides is 2. The molecular formula is C20H28N2O4S2. The van der Waals surface area contributed by atoms with Crippen LogP contribution in [0, 0.1) is 5.92 Å². The van der Waals surface area contributed by atoms with Crippen LogP contribution in [0.3, 0.4) is 0 Å². The molecular weight excluding hydrogens is 396 g/mol. The molecule has 1 saturated carbocycles. The first kappa shape index (κ1) is 21.2. The van der Waals surface area contributed by atoms with E-state index in [1.165, 1.54) is 17.8 Å². The number of thioether (sulfide) groups is 1. The molecule has 0 bridgehead atoms. The maximum Gasteiger partial charge on any atom is 0.237 e. The number of sulfone groups is 1. The molecule has 0 saturated heterocycles. The van der Waals surface area contributed by atoms with Gasteiger partial charge in [-0.15, -0.1) is 11.8 Å². The number of fused-ring (bicyclic) bond motifs is 1. The summed E-state index contributed by atoms with van der Waals surface area (Å²) >= 11 is 1.39. The average Bonchev–Trinajstić information content (AvgIpc) is 2.67. The van der Waals surface area contributed by atoms with Crippen molar-refractivity contribution < 1.29 is 18.0 Å². The zero-order chi connectivity index (χ0) is 20.3. The monoisotopic (exact) mass is 424 g/mol. The molecule has 1 aliphatic carbocycles. The van der Waals surface area contributed by atoms with Gasteiger partial charge < -0.3 is 10.6 Å². The number of nitrogens with one attached hydrogen (secondary N) is 2. The zero-order valence-electron chi connectivity index (χ0n) is 16.4. The number of carbonyl (C=O) groups is 2. The smallest absolute Gasteiger partial charge is 0.237 e. The van der Waals surface area contributed by atoms with Gasteiger partial charge in [-0.05, 0) is 56.2 Å². The molecule has 0 aromatic heterocycles. The highest BCUT2D eigenvalue weighted by Gasteiger charge is 2.27. The Balaban J connectivity index is 1.60. The summed E-state index contributed by atoms with van der Waals surface area (Å²) in [4.78, 5) is 25.1. The summed E-state index contributed by atoms with van der Waals surface area (Å²) in [6.07, 6.45) is 4.77. The van der Waals surface area contributed by atoms with Crippen LogP contribution in [0.5, 0.6) is 0 Å². The third kappa shape index (κ3) is 5.08. The van der Waals surface area contributed by atoms with Crippen molar-refractivity contribution in [3.05, 3.63) is 18.2 Å². The van der Waals surface area contributed by atoms with E-state index in [-0.39, 0.29) is 40.2 Å². The van der Waals surface area contributed by atoms with Crippen molar-refractivity contribution in [2.45, 2.75) is 73.5 Å². The number of anilines is 1. The van der Waals surface area contributed by atoms with E-state index in [0.717, 1.165) is 30.6 Å². The summed E-state index contributed by atoms with van der Waals surface area (Å²) < 4.78 is 25.4. The van der Waals surface area contributed by atoms with Crippen LogP contribution in [-0.4, -0.2) is 37.3 Å². The fraction of sp³-hybridized carbons (Fsp3) is 0.600. The Morgan fingerprint density at radius 2 is 1.96 bits per heavy atom. The summed E-state index contributed by atoms with van der Waals surface area (Å²) in [7, 11) is -3.56. The molecule has 28 heavy (non-hydrogen) atoms. The Kier molecular flexibility index (Phi) is 6.70. The van der Waals surface area contributed by atoms with Gasteiger partial charge in [-0.1, -0.05) is 13.8 Å².